The molecule has 3 rings (SSSR count). The van der Waals surface area contributed by atoms with Gasteiger partial charge in [-0.05, 0) is 42.5 Å². The molecule has 0 aromatic heterocycles. The van der Waals surface area contributed by atoms with Crippen molar-refractivity contribution in [3.63, 3.8) is 0 Å². The summed E-state index contributed by atoms with van der Waals surface area (Å²) in [6.07, 6.45) is 0.325. The molecule has 11 heteroatoms. The van der Waals surface area contributed by atoms with E-state index in [1.54, 1.807) is 17.9 Å². The van der Waals surface area contributed by atoms with E-state index in [9.17, 15) is 27.2 Å². The summed E-state index contributed by atoms with van der Waals surface area (Å²) < 4.78 is 40.0. The summed E-state index contributed by atoms with van der Waals surface area (Å²) in [5, 5.41) is 0.631. The lowest BCUT2D eigenvalue weighted by atomic mass is 10.2. The molecule has 0 saturated carbocycles. The van der Waals surface area contributed by atoms with Crippen molar-refractivity contribution >= 4 is 39.2 Å². The summed E-state index contributed by atoms with van der Waals surface area (Å²) in [5.74, 6) is -2.34. The molecule has 1 saturated heterocycles. The maximum absolute atomic E-state index is 13.3. The molecular formula is C22H23ClFN3O5S. The number of benzene rings is 2. The van der Waals surface area contributed by atoms with Gasteiger partial charge in [0.15, 0.2) is 0 Å². The number of sulfone groups is 1. The van der Waals surface area contributed by atoms with Gasteiger partial charge in [0.25, 0.3) is 11.8 Å². The van der Waals surface area contributed by atoms with E-state index in [-0.39, 0.29) is 47.6 Å². The van der Waals surface area contributed by atoms with Gasteiger partial charge < -0.3 is 15.1 Å². The number of rotatable bonds is 6. The fourth-order valence-corrected chi connectivity index (χ4v) is 5.08. The van der Waals surface area contributed by atoms with Gasteiger partial charge in [0.2, 0.25) is 21.1 Å². The average molecular weight is 496 g/mol. The Morgan fingerprint density at radius 3 is 2.21 bits per heavy atom. The number of nitrogens with zero attached hydrogens (tertiary/aromatic N) is 2. The topological polar surface area (TPSA) is 104 Å². The van der Waals surface area contributed by atoms with Crippen LogP contribution in [-0.2, 0) is 19.4 Å². The van der Waals surface area contributed by atoms with Crippen molar-refractivity contribution in [3.05, 3.63) is 64.9 Å². The Morgan fingerprint density at radius 2 is 1.64 bits per heavy atom. The molecule has 1 fully saturated rings. The van der Waals surface area contributed by atoms with Gasteiger partial charge in [-0.15, -0.1) is 0 Å². The first-order valence-corrected chi connectivity index (χ1v) is 12.2. The van der Waals surface area contributed by atoms with Gasteiger partial charge in [-0.25, -0.2) is 12.8 Å². The molecular weight excluding hydrogens is 473 g/mol. The van der Waals surface area contributed by atoms with Crippen molar-refractivity contribution in [1.82, 2.24) is 15.1 Å². The Kier molecular flexibility index (Phi) is 7.70. The van der Waals surface area contributed by atoms with E-state index in [2.05, 4.69) is 5.32 Å². The number of piperazine rings is 1. The molecule has 1 atom stereocenters. The maximum atomic E-state index is 13.3. The molecule has 1 unspecified atom stereocenters. The number of hydrogen-bond donors (Lipinski definition) is 1. The number of amides is 3. The molecule has 3 amide bonds. The second-order valence-electron chi connectivity index (χ2n) is 7.42. The lowest BCUT2D eigenvalue weighted by molar-refractivity contribution is -0.139. The SMILES string of the molecule is CCC(=O)N1CCN(C(=O)C(NC(=O)c2cccc(Cl)c2)S(=O)(=O)c2ccc(F)cc2)CC1. The highest BCUT2D eigenvalue weighted by Crippen LogP contribution is 2.19. The monoisotopic (exact) mass is 495 g/mol. The summed E-state index contributed by atoms with van der Waals surface area (Å²) in [6, 6.07) is 9.84. The highest BCUT2D eigenvalue weighted by molar-refractivity contribution is 7.92. The van der Waals surface area contributed by atoms with Crippen molar-refractivity contribution in [2.75, 3.05) is 26.2 Å². The van der Waals surface area contributed by atoms with E-state index in [1.807, 2.05) is 0 Å². The van der Waals surface area contributed by atoms with Crippen LogP contribution in [0.3, 0.4) is 0 Å². The Labute approximate surface area is 196 Å². The second-order valence-corrected chi connectivity index (χ2v) is 9.89. The van der Waals surface area contributed by atoms with E-state index < -0.39 is 32.8 Å². The van der Waals surface area contributed by atoms with E-state index in [0.717, 1.165) is 24.3 Å². The van der Waals surface area contributed by atoms with Gasteiger partial charge in [0.1, 0.15) is 5.82 Å². The molecule has 33 heavy (non-hydrogen) atoms. The number of carbonyl (C=O) groups is 3. The van der Waals surface area contributed by atoms with Crippen molar-refractivity contribution in [3.8, 4) is 0 Å². The van der Waals surface area contributed by atoms with Crippen LogP contribution in [0, 0.1) is 5.82 Å². The molecule has 1 N–H and O–H groups in total. The highest BCUT2D eigenvalue weighted by atomic mass is 35.5. The zero-order valence-electron chi connectivity index (χ0n) is 17.8. The van der Waals surface area contributed by atoms with E-state index in [4.69, 9.17) is 11.6 Å². The average Bonchev–Trinajstić information content (AvgIpc) is 2.81. The van der Waals surface area contributed by atoms with E-state index in [1.165, 1.54) is 23.1 Å². The third-order valence-electron chi connectivity index (χ3n) is 5.27. The quantitative estimate of drug-likeness (QED) is 0.618. The number of hydrogen-bond acceptors (Lipinski definition) is 5. The maximum Gasteiger partial charge on any atom is 0.261 e. The van der Waals surface area contributed by atoms with Gasteiger partial charge in [0, 0.05) is 43.2 Å². The third-order valence-corrected chi connectivity index (χ3v) is 7.38. The number of carbonyl (C=O) groups excluding carboxylic acids is 3. The van der Waals surface area contributed by atoms with Crippen LogP contribution in [0.25, 0.3) is 0 Å². The predicted octanol–water partition coefficient (Wildman–Crippen LogP) is 2.09. The van der Waals surface area contributed by atoms with Crippen LogP contribution < -0.4 is 5.32 Å². The number of nitrogens with one attached hydrogen (secondary N) is 1. The standard InChI is InChI=1S/C22H23ClFN3O5S/c1-2-19(28)26-10-12-27(13-11-26)22(30)21(25-20(29)15-4-3-5-16(23)14-15)33(31,32)18-8-6-17(24)7-9-18/h3-9,14,21H,2,10-13H2,1H3,(H,25,29). The summed E-state index contributed by atoms with van der Waals surface area (Å²) in [6.45, 7) is 2.48. The van der Waals surface area contributed by atoms with Gasteiger partial charge in [-0.3, -0.25) is 14.4 Å². The van der Waals surface area contributed by atoms with Crippen molar-refractivity contribution < 1.29 is 27.2 Å². The van der Waals surface area contributed by atoms with Crippen LogP contribution >= 0.6 is 11.6 Å². The fourth-order valence-electron chi connectivity index (χ4n) is 3.43. The Balaban J connectivity index is 1.89. The van der Waals surface area contributed by atoms with Crippen molar-refractivity contribution in [1.29, 1.82) is 0 Å². The molecule has 1 heterocycles. The van der Waals surface area contributed by atoms with Crippen LogP contribution in [0.2, 0.25) is 5.02 Å². The summed E-state index contributed by atoms with van der Waals surface area (Å²) >= 11 is 5.92. The van der Waals surface area contributed by atoms with Gasteiger partial charge >= 0.3 is 0 Å². The predicted molar refractivity (Wildman–Crippen MR) is 120 cm³/mol. The second kappa shape index (κ2) is 10.3. The summed E-state index contributed by atoms with van der Waals surface area (Å²) in [5.41, 5.74) is 0.0768. The Morgan fingerprint density at radius 1 is 1.03 bits per heavy atom. The molecule has 1 aliphatic heterocycles. The first kappa shape index (κ1) is 24.7. The lowest BCUT2D eigenvalue weighted by Crippen LogP contribution is -2.57. The highest BCUT2D eigenvalue weighted by Gasteiger charge is 2.39. The molecule has 0 bridgehead atoms. The molecule has 2 aromatic rings. The van der Waals surface area contributed by atoms with Crippen molar-refractivity contribution in [2.45, 2.75) is 23.6 Å². The molecule has 0 radical (unpaired) electrons. The number of halogens is 2. The lowest BCUT2D eigenvalue weighted by Gasteiger charge is -2.36. The van der Waals surface area contributed by atoms with Crippen molar-refractivity contribution in [2.24, 2.45) is 0 Å². The van der Waals surface area contributed by atoms with Crippen LogP contribution in [0.4, 0.5) is 4.39 Å². The Hall–Kier alpha value is -2.98. The summed E-state index contributed by atoms with van der Waals surface area (Å²) in [4.78, 5) is 40.6. The minimum absolute atomic E-state index is 0.0631. The first-order chi connectivity index (χ1) is 15.6. The first-order valence-electron chi connectivity index (χ1n) is 10.3. The third kappa shape index (κ3) is 5.69. The zero-order chi connectivity index (χ0) is 24.2. The molecule has 2 aromatic carbocycles. The van der Waals surface area contributed by atoms with Gasteiger partial charge in [0.05, 0.1) is 4.90 Å². The van der Waals surface area contributed by atoms with Crippen LogP contribution in [-0.4, -0.2) is 67.5 Å². The zero-order valence-corrected chi connectivity index (χ0v) is 19.4. The smallest absolute Gasteiger partial charge is 0.261 e. The van der Waals surface area contributed by atoms with Gasteiger partial charge in [-0.2, -0.15) is 0 Å². The minimum atomic E-state index is -4.42. The van der Waals surface area contributed by atoms with E-state index >= 15 is 0 Å². The van der Waals surface area contributed by atoms with E-state index in [0.29, 0.717) is 6.42 Å². The Bertz CT molecular complexity index is 1150. The minimum Gasteiger partial charge on any atom is -0.339 e. The molecule has 0 aliphatic carbocycles. The largest absolute Gasteiger partial charge is 0.339 e. The molecule has 0 spiro atoms. The van der Waals surface area contributed by atoms with Crippen LogP contribution in [0.1, 0.15) is 23.7 Å². The summed E-state index contributed by atoms with van der Waals surface area (Å²) in [7, 11) is -4.42. The van der Waals surface area contributed by atoms with Crippen LogP contribution in [0.15, 0.2) is 53.4 Å². The fraction of sp³-hybridized carbons (Fsp3) is 0.318. The van der Waals surface area contributed by atoms with Crippen LogP contribution in [0.5, 0.6) is 0 Å². The normalized spacial score (nSPS) is 15.1. The molecule has 8 nitrogen and oxygen atoms in total. The molecule has 176 valence electrons. The molecule has 1 aliphatic rings. The van der Waals surface area contributed by atoms with Gasteiger partial charge in [-0.1, -0.05) is 24.6 Å².